The summed E-state index contributed by atoms with van der Waals surface area (Å²) >= 11 is 1.92. The van der Waals surface area contributed by atoms with E-state index in [1.54, 1.807) is 0 Å². The zero-order valence-corrected chi connectivity index (χ0v) is 15.1. The van der Waals surface area contributed by atoms with Crippen molar-refractivity contribution >= 4 is 17.7 Å². The Labute approximate surface area is 146 Å². The minimum atomic E-state index is -0.214. The van der Waals surface area contributed by atoms with Crippen LogP contribution in [-0.4, -0.2) is 44.7 Å². The highest BCUT2D eigenvalue weighted by Crippen LogP contribution is 2.25. The maximum absolute atomic E-state index is 12.8. The van der Waals surface area contributed by atoms with Crippen LogP contribution in [0, 0.1) is 12.8 Å². The average Bonchev–Trinajstić information content (AvgIpc) is 2.97. The number of aromatic nitrogens is 2. The molecular weight excluding hydrogens is 322 g/mol. The predicted octanol–water partition coefficient (Wildman–Crippen LogP) is 2.69. The third kappa shape index (κ3) is 3.43. The molecule has 0 radical (unpaired) electrons. The van der Waals surface area contributed by atoms with Gasteiger partial charge in [0.25, 0.3) is 11.5 Å². The number of amides is 1. The van der Waals surface area contributed by atoms with Gasteiger partial charge >= 0.3 is 0 Å². The van der Waals surface area contributed by atoms with E-state index < -0.39 is 0 Å². The molecule has 1 atom stereocenters. The number of rotatable bonds is 3. The van der Waals surface area contributed by atoms with Gasteiger partial charge in [-0.25, -0.2) is 4.68 Å². The Morgan fingerprint density at radius 1 is 1.29 bits per heavy atom. The van der Waals surface area contributed by atoms with Crippen molar-refractivity contribution in [3.8, 4) is 5.69 Å². The van der Waals surface area contributed by atoms with Crippen LogP contribution in [0.2, 0.25) is 0 Å². The molecule has 1 amide bonds. The molecule has 1 fully saturated rings. The zero-order chi connectivity index (χ0) is 17.3. The summed E-state index contributed by atoms with van der Waals surface area (Å²) < 4.78 is 1.42. The SMILES string of the molecule is Cc1ccc(-n2[nH]c(C(=O)N3CCSC(C(C)C)C3)cc2=O)cc1. The van der Waals surface area contributed by atoms with Gasteiger partial charge in [0.2, 0.25) is 0 Å². The van der Waals surface area contributed by atoms with Crippen molar-refractivity contribution in [3.63, 3.8) is 0 Å². The number of carbonyl (C=O) groups is 1. The lowest BCUT2D eigenvalue weighted by Crippen LogP contribution is -2.43. The van der Waals surface area contributed by atoms with Crippen LogP contribution in [0.1, 0.15) is 29.9 Å². The second-order valence-corrected chi connectivity index (χ2v) is 7.93. The summed E-state index contributed by atoms with van der Waals surface area (Å²) in [5.41, 5.74) is 2.00. The number of hydrogen-bond acceptors (Lipinski definition) is 3. The lowest BCUT2D eigenvalue weighted by atomic mass is 10.1. The molecule has 1 aromatic heterocycles. The van der Waals surface area contributed by atoms with Crippen molar-refractivity contribution in [3.05, 3.63) is 51.9 Å². The van der Waals surface area contributed by atoms with Gasteiger partial charge < -0.3 is 4.90 Å². The third-order valence-electron chi connectivity index (χ3n) is 4.37. The van der Waals surface area contributed by atoms with Crippen LogP contribution in [-0.2, 0) is 0 Å². The maximum Gasteiger partial charge on any atom is 0.272 e. The highest BCUT2D eigenvalue weighted by Gasteiger charge is 2.27. The number of aromatic amines is 1. The van der Waals surface area contributed by atoms with Crippen molar-refractivity contribution in [1.29, 1.82) is 0 Å². The molecule has 3 rings (SSSR count). The van der Waals surface area contributed by atoms with Crippen molar-refractivity contribution in [2.24, 2.45) is 5.92 Å². The second-order valence-electron chi connectivity index (χ2n) is 6.58. The summed E-state index contributed by atoms with van der Waals surface area (Å²) in [6.45, 7) is 7.82. The minimum absolute atomic E-state index is 0.0936. The fourth-order valence-corrected chi connectivity index (χ4v) is 4.12. The molecule has 0 saturated carbocycles. The highest BCUT2D eigenvalue weighted by atomic mass is 32.2. The molecule has 2 heterocycles. The number of nitrogens with one attached hydrogen (secondary N) is 1. The van der Waals surface area contributed by atoms with Crippen LogP contribution in [0.4, 0.5) is 0 Å². The van der Waals surface area contributed by atoms with E-state index in [1.165, 1.54) is 10.7 Å². The summed E-state index contributed by atoms with van der Waals surface area (Å²) in [6, 6.07) is 9.02. The molecular formula is C18H23N3O2S. The molecule has 0 spiro atoms. The van der Waals surface area contributed by atoms with Crippen LogP contribution < -0.4 is 5.56 Å². The quantitative estimate of drug-likeness (QED) is 0.930. The Morgan fingerprint density at radius 3 is 2.67 bits per heavy atom. The van der Waals surface area contributed by atoms with Crippen molar-refractivity contribution < 1.29 is 4.79 Å². The van der Waals surface area contributed by atoms with Crippen LogP contribution in [0.15, 0.2) is 35.1 Å². The fraction of sp³-hybridized carbons (Fsp3) is 0.444. The first-order valence-electron chi connectivity index (χ1n) is 8.25. The molecule has 1 aromatic carbocycles. The van der Waals surface area contributed by atoms with Gasteiger partial charge in [-0.1, -0.05) is 31.5 Å². The van der Waals surface area contributed by atoms with E-state index in [0.717, 1.165) is 30.1 Å². The summed E-state index contributed by atoms with van der Waals surface area (Å²) in [5.74, 6) is 1.38. The molecule has 0 bridgehead atoms. The van der Waals surface area contributed by atoms with Gasteiger partial charge in [0.15, 0.2) is 0 Å². The van der Waals surface area contributed by atoms with Gasteiger partial charge in [0.05, 0.1) is 5.69 Å². The summed E-state index contributed by atoms with van der Waals surface area (Å²) in [6.07, 6.45) is 0. The van der Waals surface area contributed by atoms with E-state index in [4.69, 9.17) is 0 Å². The largest absolute Gasteiger partial charge is 0.335 e. The Hall–Kier alpha value is -1.95. The van der Waals surface area contributed by atoms with Crippen LogP contribution >= 0.6 is 11.8 Å². The Morgan fingerprint density at radius 2 is 2.00 bits per heavy atom. The zero-order valence-electron chi connectivity index (χ0n) is 14.3. The van der Waals surface area contributed by atoms with Gasteiger partial charge in [-0.15, -0.1) is 0 Å². The van der Waals surface area contributed by atoms with Crippen molar-refractivity contribution in [2.75, 3.05) is 18.8 Å². The molecule has 1 aliphatic rings. The number of H-pyrrole nitrogens is 1. The monoisotopic (exact) mass is 345 g/mol. The molecule has 6 heteroatoms. The van der Waals surface area contributed by atoms with Gasteiger partial charge in [-0.2, -0.15) is 11.8 Å². The molecule has 128 valence electrons. The molecule has 1 unspecified atom stereocenters. The van der Waals surface area contributed by atoms with Gasteiger partial charge in [0, 0.05) is 30.2 Å². The number of benzene rings is 1. The average molecular weight is 345 g/mol. The first-order chi connectivity index (χ1) is 11.5. The molecule has 0 aliphatic carbocycles. The molecule has 1 saturated heterocycles. The molecule has 2 aromatic rings. The van der Waals surface area contributed by atoms with Gasteiger partial charge in [-0.3, -0.25) is 14.7 Å². The highest BCUT2D eigenvalue weighted by molar-refractivity contribution is 8.00. The Bertz CT molecular complexity index is 776. The number of carbonyl (C=O) groups excluding carboxylic acids is 1. The van der Waals surface area contributed by atoms with Gasteiger partial charge in [0.1, 0.15) is 5.69 Å². The predicted molar refractivity (Wildman–Crippen MR) is 98.1 cm³/mol. The molecule has 24 heavy (non-hydrogen) atoms. The van der Waals surface area contributed by atoms with E-state index in [9.17, 15) is 9.59 Å². The molecule has 1 aliphatic heterocycles. The maximum atomic E-state index is 12.8. The van der Waals surface area contributed by atoms with E-state index in [0.29, 0.717) is 16.9 Å². The van der Waals surface area contributed by atoms with Crippen molar-refractivity contribution in [2.45, 2.75) is 26.0 Å². The molecule has 5 nitrogen and oxygen atoms in total. The molecule has 1 N–H and O–H groups in total. The van der Waals surface area contributed by atoms with E-state index in [2.05, 4.69) is 18.9 Å². The normalized spacial score (nSPS) is 18.2. The van der Waals surface area contributed by atoms with Crippen molar-refractivity contribution in [1.82, 2.24) is 14.7 Å². The minimum Gasteiger partial charge on any atom is -0.335 e. The summed E-state index contributed by atoms with van der Waals surface area (Å²) in [7, 11) is 0. The lowest BCUT2D eigenvalue weighted by molar-refractivity contribution is 0.0749. The van der Waals surface area contributed by atoms with Crippen LogP contribution in [0.5, 0.6) is 0 Å². The van der Waals surface area contributed by atoms with E-state index >= 15 is 0 Å². The number of nitrogens with zero attached hydrogens (tertiary/aromatic N) is 2. The third-order valence-corrected chi connectivity index (χ3v) is 5.91. The summed E-state index contributed by atoms with van der Waals surface area (Å²) in [5, 5.41) is 3.42. The Kier molecular flexibility index (Phi) is 4.85. The topological polar surface area (TPSA) is 58.1 Å². The van der Waals surface area contributed by atoms with Crippen LogP contribution in [0.3, 0.4) is 0 Å². The number of aryl methyl sites for hydroxylation is 1. The first kappa shape index (κ1) is 16.9. The number of hydrogen-bond donors (Lipinski definition) is 1. The number of thioether (sulfide) groups is 1. The van der Waals surface area contributed by atoms with Crippen LogP contribution in [0.25, 0.3) is 5.69 Å². The Balaban J connectivity index is 1.82. The first-order valence-corrected chi connectivity index (χ1v) is 9.30. The lowest BCUT2D eigenvalue weighted by Gasteiger charge is -2.34. The second kappa shape index (κ2) is 6.89. The smallest absolute Gasteiger partial charge is 0.272 e. The standard InChI is InChI=1S/C18H23N3O2S/c1-12(2)16-11-20(8-9-24-16)18(23)15-10-17(22)21(19-15)14-6-4-13(3)5-7-14/h4-7,10,12,16,19H,8-9,11H2,1-3H3. The fourth-order valence-electron chi connectivity index (χ4n) is 2.82. The summed E-state index contributed by atoms with van der Waals surface area (Å²) in [4.78, 5) is 26.8. The van der Waals surface area contributed by atoms with E-state index in [1.807, 2.05) is 47.9 Å². The van der Waals surface area contributed by atoms with E-state index in [-0.39, 0.29) is 11.5 Å². The van der Waals surface area contributed by atoms with Gasteiger partial charge in [-0.05, 0) is 25.0 Å².